The molecule has 0 atom stereocenters. The van der Waals surface area contributed by atoms with Gasteiger partial charge in [0.05, 0.1) is 5.69 Å². The smallest absolute Gasteiger partial charge is 0.130 e. The van der Waals surface area contributed by atoms with Gasteiger partial charge in [-0.15, -0.1) is 11.6 Å². The summed E-state index contributed by atoms with van der Waals surface area (Å²) in [6.45, 7) is 2.03. The van der Waals surface area contributed by atoms with Crippen LogP contribution in [0.5, 0.6) is 0 Å². The molecule has 0 aliphatic heterocycles. The number of halogens is 2. The Hall–Kier alpha value is -0.210. The Morgan fingerprint density at radius 3 is 2.41 bits per heavy atom. The van der Waals surface area contributed by atoms with Gasteiger partial charge in [0.25, 0.3) is 0 Å². The lowest BCUT2D eigenvalue weighted by Gasteiger charge is -2.35. The van der Waals surface area contributed by atoms with Crippen LogP contribution in [0, 0.1) is 12.3 Å². The zero-order valence-corrected chi connectivity index (χ0v) is 12.1. The van der Waals surface area contributed by atoms with Crippen molar-refractivity contribution in [2.24, 2.45) is 12.5 Å². The van der Waals surface area contributed by atoms with Gasteiger partial charge in [0.2, 0.25) is 0 Å². The summed E-state index contributed by atoms with van der Waals surface area (Å²) < 4.78 is 1.76. The summed E-state index contributed by atoms with van der Waals surface area (Å²) >= 11 is 12.5. The molecule has 2 rings (SSSR count). The molecule has 1 fully saturated rings. The molecular formula is C13H20Cl2N2. The van der Waals surface area contributed by atoms with Crippen molar-refractivity contribution in [2.45, 2.75) is 45.4 Å². The molecule has 1 aromatic heterocycles. The molecule has 1 aliphatic rings. The van der Waals surface area contributed by atoms with Crippen LogP contribution in [0.15, 0.2) is 0 Å². The van der Waals surface area contributed by atoms with Crippen molar-refractivity contribution in [3.05, 3.63) is 16.4 Å². The lowest BCUT2D eigenvalue weighted by atomic mass is 9.72. The van der Waals surface area contributed by atoms with Crippen molar-refractivity contribution in [1.82, 2.24) is 9.78 Å². The van der Waals surface area contributed by atoms with Crippen LogP contribution in [-0.4, -0.2) is 15.7 Å². The zero-order chi connectivity index (χ0) is 12.5. The van der Waals surface area contributed by atoms with Gasteiger partial charge in [0, 0.05) is 18.5 Å². The zero-order valence-electron chi connectivity index (χ0n) is 10.6. The fourth-order valence-electron chi connectivity index (χ4n) is 2.91. The molecule has 4 heteroatoms. The molecular weight excluding hydrogens is 255 g/mol. The maximum atomic E-state index is 6.31. The van der Waals surface area contributed by atoms with Gasteiger partial charge in [-0.05, 0) is 31.6 Å². The van der Waals surface area contributed by atoms with Crippen LogP contribution in [0.4, 0.5) is 0 Å². The van der Waals surface area contributed by atoms with Crippen LogP contribution in [-0.2, 0) is 13.5 Å². The Bertz CT molecular complexity index is 392. The number of hydrogen-bond donors (Lipinski definition) is 0. The summed E-state index contributed by atoms with van der Waals surface area (Å²) in [5.41, 5.74) is 2.49. The van der Waals surface area contributed by atoms with E-state index in [0.717, 1.165) is 23.1 Å². The lowest BCUT2D eigenvalue weighted by Crippen LogP contribution is -2.29. The first-order valence-electron chi connectivity index (χ1n) is 6.32. The van der Waals surface area contributed by atoms with Gasteiger partial charge < -0.3 is 0 Å². The first-order chi connectivity index (χ1) is 8.08. The highest BCUT2D eigenvalue weighted by Gasteiger charge is 2.33. The first kappa shape index (κ1) is 13.2. The minimum Gasteiger partial charge on any atom is -0.257 e. The van der Waals surface area contributed by atoms with Gasteiger partial charge in [0.15, 0.2) is 0 Å². The summed E-state index contributed by atoms with van der Waals surface area (Å²) in [6.07, 6.45) is 7.36. The molecule has 96 valence electrons. The average molecular weight is 275 g/mol. The lowest BCUT2D eigenvalue weighted by molar-refractivity contribution is 0.219. The van der Waals surface area contributed by atoms with E-state index in [0.29, 0.717) is 0 Å². The molecule has 1 heterocycles. The van der Waals surface area contributed by atoms with Gasteiger partial charge in [0.1, 0.15) is 5.15 Å². The third-order valence-electron chi connectivity index (χ3n) is 4.02. The van der Waals surface area contributed by atoms with E-state index < -0.39 is 0 Å². The maximum absolute atomic E-state index is 6.31. The molecule has 0 saturated heterocycles. The molecule has 0 bridgehead atoms. The van der Waals surface area contributed by atoms with Gasteiger partial charge >= 0.3 is 0 Å². The van der Waals surface area contributed by atoms with Crippen molar-refractivity contribution in [2.75, 3.05) is 5.88 Å². The first-order valence-corrected chi connectivity index (χ1v) is 7.23. The van der Waals surface area contributed by atoms with E-state index in [9.17, 15) is 0 Å². The third kappa shape index (κ3) is 2.63. The van der Waals surface area contributed by atoms with Gasteiger partial charge in [-0.1, -0.05) is 30.9 Å². The molecule has 1 saturated carbocycles. The predicted molar refractivity (Wildman–Crippen MR) is 72.9 cm³/mol. The van der Waals surface area contributed by atoms with Crippen molar-refractivity contribution in [3.8, 4) is 0 Å². The van der Waals surface area contributed by atoms with E-state index in [1.165, 1.54) is 37.7 Å². The second-order valence-electron chi connectivity index (χ2n) is 5.35. The third-order valence-corrected chi connectivity index (χ3v) is 5.06. The Labute approximate surface area is 113 Å². The van der Waals surface area contributed by atoms with Crippen LogP contribution < -0.4 is 0 Å². The maximum Gasteiger partial charge on any atom is 0.130 e. The number of nitrogens with zero attached hydrogens (tertiary/aromatic N) is 2. The Morgan fingerprint density at radius 2 is 1.94 bits per heavy atom. The second-order valence-corrected chi connectivity index (χ2v) is 5.97. The van der Waals surface area contributed by atoms with Gasteiger partial charge in [-0.2, -0.15) is 5.10 Å². The van der Waals surface area contributed by atoms with E-state index in [2.05, 4.69) is 5.10 Å². The van der Waals surface area contributed by atoms with Crippen molar-refractivity contribution in [3.63, 3.8) is 0 Å². The summed E-state index contributed by atoms with van der Waals surface area (Å²) in [6, 6.07) is 0. The van der Waals surface area contributed by atoms with Crippen LogP contribution >= 0.6 is 23.2 Å². The van der Waals surface area contributed by atoms with Crippen molar-refractivity contribution in [1.29, 1.82) is 0 Å². The SMILES string of the molecule is Cc1nn(C)c(Cl)c1CC1(CCl)CCCCC1. The molecule has 0 aromatic carbocycles. The fourth-order valence-corrected chi connectivity index (χ4v) is 3.51. The van der Waals surface area contributed by atoms with E-state index in [1.807, 2.05) is 14.0 Å². The van der Waals surface area contributed by atoms with Crippen LogP contribution in [0.1, 0.15) is 43.4 Å². The standard InChI is InChI=1S/C13H20Cl2N2/c1-10-11(12(15)17(2)16-10)8-13(9-14)6-4-3-5-7-13/h3-9H2,1-2H3. The summed E-state index contributed by atoms with van der Waals surface area (Å²) in [4.78, 5) is 0. The average Bonchev–Trinajstić information content (AvgIpc) is 2.57. The highest BCUT2D eigenvalue weighted by atomic mass is 35.5. The highest BCUT2D eigenvalue weighted by molar-refractivity contribution is 6.30. The molecule has 1 aliphatic carbocycles. The summed E-state index contributed by atoms with van der Waals surface area (Å²) in [5.74, 6) is 0.734. The Kier molecular flexibility index (Phi) is 4.04. The fraction of sp³-hybridized carbons (Fsp3) is 0.769. The van der Waals surface area contributed by atoms with Crippen LogP contribution in [0.25, 0.3) is 0 Å². The van der Waals surface area contributed by atoms with Gasteiger partial charge in [-0.3, -0.25) is 4.68 Å². The molecule has 0 unspecified atom stereocenters. The molecule has 0 N–H and O–H groups in total. The number of aromatic nitrogens is 2. The quantitative estimate of drug-likeness (QED) is 0.759. The van der Waals surface area contributed by atoms with E-state index in [4.69, 9.17) is 23.2 Å². The van der Waals surface area contributed by atoms with Gasteiger partial charge in [-0.25, -0.2) is 0 Å². The molecule has 1 aromatic rings. The van der Waals surface area contributed by atoms with E-state index in [-0.39, 0.29) is 5.41 Å². The van der Waals surface area contributed by atoms with Crippen molar-refractivity contribution >= 4 is 23.2 Å². The monoisotopic (exact) mass is 274 g/mol. The molecule has 0 spiro atoms. The number of rotatable bonds is 3. The van der Waals surface area contributed by atoms with Crippen LogP contribution in [0.3, 0.4) is 0 Å². The van der Waals surface area contributed by atoms with E-state index >= 15 is 0 Å². The molecule has 0 radical (unpaired) electrons. The topological polar surface area (TPSA) is 17.8 Å². The summed E-state index contributed by atoms with van der Waals surface area (Å²) in [5, 5.41) is 5.16. The Balaban J connectivity index is 2.23. The minimum atomic E-state index is 0.247. The molecule has 0 amide bonds. The second kappa shape index (κ2) is 5.19. The predicted octanol–water partition coefficient (Wildman–Crippen LogP) is 4.11. The Morgan fingerprint density at radius 1 is 1.29 bits per heavy atom. The van der Waals surface area contributed by atoms with Crippen LogP contribution in [0.2, 0.25) is 5.15 Å². The number of hydrogen-bond acceptors (Lipinski definition) is 1. The largest absolute Gasteiger partial charge is 0.257 e. The van der Waals surface area contributed by atoms with Crippen molar-refractivity contribution < 1.29 is 0 Å². The number of alkyl halides is 1. The molecule has 17 heavy (non-hydrogen) atoms. The minimum absolute atomic E-state index is 0.247. The highest BCUT2D eigenvalue weighted by Crippen LogP contribution is 2.41. The molecule has 2 nitrogen and oxygen atoms in total. The number of aryl methyl sites for hydroxylation is 2. The van der Waals surface area contributed by atoms with E-state index in [1.54, 1.807) is 4.68 Å². The summed E-state index contributed by atoms with van der Waals surface area (Å²) in [7, 11) is 1.90. The normalized spacial score (nSPS) is 19.5.